The van der Waals surface area contributed by atoms with Crippen LogP contribution in [0.4, 0.5) is 10.1 Å². The first kappa shape index (κ1) is 20.3. The number of hydrogen-bond acceptors (Lipinski definition) is 3. The van der Waals surface area contributed by atoms with Crippen molar-refractivity contribution in [2.75, 3.05) is 18.4 Å². The molecule has 1 N–H and O–H groups in total. The highest BCUT2D eigenvalue weighted by Crippen LogP contribution is 2.45. The Morgan fingerprint density at radius 3 is 2.41 bits per heavy atom. The number of sulfonamides is 1. The van der Waals surface area contributed by atoms with Gasteiger partial charge in [-0.2, -0.15) is 4.31 Å². The van der Waals surface area contributed by atoms with Crippen LogP contribution in [0, 0.1) is 5.82 Å². The molecule has 2 aromatic carbocycles. The van der Waals surface area contributed by atoms with Crippen molar-refractivity contribution in [3.8, 4) is 0 Å². The second-order valence-corrected chi connectivity index (χ2v) is 9.97. The van der Waals surface area contributed by atoms with Crippen LogP contribution in [0.15, 0.2) is 47.4 Å². The van der Waals surface area contributed by atoms with Gasteiger partial charge in [0.1, 0.15) is 10.7 Å². The second kappa shape index (κ2) is 7.70. The van der Waals surface area contributed by atoms with Crippen LogP contribution in [0.2, 0.25) is 5.02 Å². The second-order valence-electron chi connectivity index (χ2n) is 7.66. The molecule has 5 nitrogen and oxygen atoms in total. The minimum absolute atomic E-state index is 0.00715. The van der Waals surface area contributed by atoms with E-state index in [1.54, 1.807) is 18.2 Å². The number of benzene rings is 2. The molecule has 0 aromatic heterocycles. The first-order chi connectivity index (χ1) is 13.8. The fraction of sp³-hybridized carbons (Fsp3) is 0.381. The van der Waals surface area contributed by atoms with Gasteiger partial charge in [0.2, 0.25) is 15.9 Å². The zero-order valence-electron chi connectivity index (χ0n) is 15.8. The maximum absolute atomic E-state index is 13.7. The molecule has 0 radical (unpaired) electrons. The highest BCUT2D eigenvalue weighted by molar-refractivity contribution is 7.89. The van der Waals surface area contributed by atoms with Gasteiger partial charge in [-0.05, 0) is 61.6 Å². The average Bonchev–Trinajstić information content (AvgIpc) is 3.18. The van der Waals surface area contributed by atoms with Gasteiger partial charge in [-0.15, -0.1) is 0 Å². The number of carbonyl (C=O) groups excluding carboxylic acids is 1. The van der Waals surface area contributed by atoms with Gasteiger partial charge in [0, 0.05) is 18.8 Å². The Kier molecular flexibility index (Phi) is 5.40. The van der Waals surface area contributed by atoms with Gasteiger partial charge in [0.15, 0.2) is 0 Å². The molecular weight excluding hydrogens is 415 g/mol. The molecule has 1 aliphatic carbocycles. The van der Waals surface area contributed by atoms with Gasteiger partial charge in [0.25, 0.3) is 0 Å². The lowest BCUT2D eigenvalue weighted by Crippen LogP contribution is -2.46. The SMILES string of the molecule is O=C(Nc1ccc(Cl)c(S(=O)(=O)N2CCCC2)c1)C1(c2cccc(F)c2)CCC1. The van der Waals surface area contributed by atoms with Crippen molar-refractivity contribution in [3.05, 3.63) is 58.9 Å². The zero-order valence-corrected chi connectivity index (χ0v) is 17.4. The van der Waals surface area contributed by atoms with E-state index >= 15 is 0 Å². The number of nitrogens with one attached hydrogen (secondary N) is 1. The molecule has 0 spiro atoms. The number of hydrogen-bond donors (Lipinski definition) is 1. The molecule has 1 saturated carbocycles. The Hall–Kier alpha value is -1.96. The van der Waals surface area contributed by atoms with E-state index in [-0.39, 0.29) is 21.6 Å². The summed E-state index contributed by atoms with van der Waals surface area (Å²) < 4.78 is 40.9. The Morgan fingerprint density at radius 2 is 1.79 bits per heavy atom. The molecule has 0 atom stereocenters. The molecule has 8 heteroatoms. The first-order valence-corrected chi connectivity index (χ1v) is 11.5. The van der Waals surface area contributed by atoms with E-state index in [0.29, 0.717) is 37.2 Å². The maximum Gasteiger partial charge on any atom is 0.244 e. The van der Waals surface area contributed by atoms with Gasteiger partial charge < -0.3 is 5.32 Å². The Balaban J connectivity index is 1.62. The Morgan fingerprint density at radius 1 is 1.07 bits per heavy atom. The topological polar surface area (TPSA) is 66.5 Å². The van der Waals surface area contributed by atoms with Gasteiger partial charge >= 0.3 is 0 Å². The molecule has 0 unspecified atom stereocenters. The van der Waals surface area contributed by atoms with Crippen LogP contribution in [0.1, 0.15) is 37.7 Å². The fourth-order valence-electron chi connectivity index (χ4n) is 4.06. The number of carbonyl (C=O) groups is 1. The third kappa shape index (κ3) is 3.67. The monoisotopic (exact) mass is 436 g/mol. The van der Waals surface area contributed by atoms with Crippen molar-refractivity contribution in [3.63, 3.8) is 0 Å². The molecule has 1 amide bonds. The zero-order chi connectivity index (χ0) is 20.6. The first-order valence-electron chi connectivity index (χ1n) is 9.70. The average molecular weight is 437 g/mol. The van der Waals surface area contributed by atoms with Crippen molar-refractivity contribution in [2.45, 2.75) is 42.4 Å². The maximum atomic E-state index is 13.7. The smallest absolute Gasteiger partial charge is 0.244 e. The summed E-state index contributed by atoms with van der Waals surface area (Å²) in [5, 5.41) is 2.95. The van der Waals surface area contributed by atoms with E-state index in [0.717, 1.165) is 19.3 Å². The van der Waals surface area contributed by atoms with Crippen LogP contribution in [-0.2, 0) is 20.2 Å². The molecule has 1 heterocycles. The molecule has 0 bridgehead atoms. The summed E-state index contributed by atoms with van der Waals surface area (Å²) >= 11 is 6.18. The highest BCUT2D eigenvalue weighted by atomic mass is 35.5. The minimum atomic E-state index is -3.71. The molecule has 4 rings (SSSR count). The van der Waals surface area contributed by atoms with Gasteiger partial charge in [0.05, 0.1) is 10.4 Å². The van der Waals surface area contributed by atoms with E-state index in [1.165, 1.54) is 28.6 Å². The largest absolute Gasteiger partial charge is 0.325 e. The van der Waals surface area contributed by atoms with Gasteiger partial charge in [-0.25, -0.2) is 12.8 Å². The third-order valence-electron chi connectivity index (χ3n) is 5.89. The van der Waals surface area contributed by atoms with Crippen LogP contribution in [0.5, 0.6) is 0 Å². The number of rotatable bonds is 5. The Bertz CT molecular complexity index is 1050. The van der Waals surface area contributed by atoms with E-state index in [9.17, 15) is 17.6 Å². The molecule has 2 aromatic rings. The van der Waals surface area contributed by atoms with E-state index < -0.39 is 15.4 Å². The van der Waals surface area contributed by atoms with Crippen LogP contribution >= 0.6 is 11.6 Å². The van der Waals surface area contributed by atoms with Gasteiger partial charge in [-0.3, -0.25) is 4.79 Å². The third-order valence-corrected chi connectivity index (χ3v) is 8.27. The molecule has 2 fully saturated rings. The van der Waals surface area contributed by atoms with Crippen molar-refractivity contribution in [1.82, 2.24) is 4.31 Å². The summed E-state index contributed by atoms with van der Waals surface area (Å²) in [4.78, 5) is 13.1. The molecular formula is C21H22ClFN2O3S. The van der Waals surface area contributed by atoms with Crippen molar-refractivity contribution >= 4 is 33.2 Å². The summed E-state index contributed by atoms with van der Waals surface area (Å²) in [6.45, 7) is 0.940. The predicted octanol–water partition coefficient (Wildman–Crippen LogP) is 4.32. The van der Waals surface area contributed by atoms with Crippen LogP contribution in [-0.4, -0.2) is 31.7 Å². The van der Waals surface area contributed by atoms with Gasteiger partial charge in [-0.1, -0.05) is 30.2 Å². The molecule has 1 saturated heterocycles. The number of halogens is 2. The number of anilines is 1. The summed E-state index contributed by atoms with van der Waals surface area (Å²) in [5.74, 6) is -0.645. The van der Waals surface area contributed by atoms with Crippen LogP contribution < -0.4 is 5.32 Å². The van der Waals surface area contributed by atoms with E-state index in [1.807, 2.05) is 0 Å². The van der Waals surface area contributed by atoms with Crippen LogP contribution in [0.25, 0.3) is 0 Å². The lowest BCUT2D eigenvalue weighted by atomic mass is 9.63. The lowest BCUT2D eigenvalue weighted by molar-refractivity contribution is -0.124. The molecule has 2 aliphatic rings. The summed E-state index contributed by atoms with van der Waals surface area (Å²) in [6.07, 6.45) is 3.76. The fourth-order valence-corrected chi connectivity index (χ4v) is 6.08. The summed E-state index contributed by atoms with van der Waals surface area (Å²) in [6, 6.07) is 10.6. The molecule has 154 valence electrons. The highest BCUT2D eigenvalue weighted by Gasteiger charge is 2.46. The number of amides is 1. The van der Waals surface area contributed by atoms with E-state index in [4.69, 9.17) is 11.6 Å². The Labute approximate surface area is 174 Å². The van der Waals surface area contributed by atoms with Crippen molar-refractivity contribution in [1.29, 1.82) is 0 Å². The quantitative estimate of drug-likeness (QED) is 0.758. The predicted molar refractivity (Wildman–Crippen MR) is 110 cm³/mol. The molecule has 29 heavy (non-hydrogen) atoms. The summed E-state index contributed by atoms with van der Waals surface area (Å²) in [5.41, 5.74) is 0.204. The van der Waals surface area contributed by atoms with E-state index in [2.05, 4.69) is 5.32 Å². The van der Waals surface area contributed by atoms with Crippen LogP contribution in [0.3, 0.4) is 0 Å². The molecule has 1 aliphatic heterocycles. The number of nitrogens with zero attached hydrogens (tertiary/aromatic N) is 1. The lowest BCUT2D eigenvalue weighted by Gasteiger charge is -2.40. The van der Waals surface area contributed by atoms with Crippen molar-refractivity contribution in [2.24, 2.45) is 0 Å². The van der Waals surface area contributed by atoms with Crippen molar-refractivity contribution < 1.29 is 17.6 Å². The normalized spacial score (nSPS) is 19.0. The standard InChI is InChI=1S/C21H22ClFN2O3S/c22-18-8-7-17(14-19(18)29(27,28)25-11-1-2-12-25)24-20(26)21(9-4-10-21)15-5-3-6-16(23)13-15/h3,5-8,13-14H,1-2,4,9-12H2,(H,24,26). The summed E-state index contributed by atoms with van der Waals surface area (Å²) in [7, 11) is -3.71. The minimum Gasteiger partial charge on any atom is -0.325 e.